The zero-order chi connectivity index (χ0) is 21.2. The molecule has 154 valence electrons. The first-order valence-electron chi connectivity index (χ1n) is 9.72. The largest absolute Gasteiger partial charge is 0.426 e. The molecule has 5 nitrogen and oxygen atoms in total. The summed E-state index contributed by atoms with van der Waals surface area (Å²) in [7, 11) is -3.75. The van der Waals surface area contributed by atoms with Crippen molar-refractivity contribution in [3.63, 3.8) is 0 Å². The lowest BCUT2D eigenvalue weighted by Gasteiger charge is -2.27. The lowest BCUT2D eigenvalue weighted by molar-refractivity contribution is -0.139. The maximum Gasteiger partial charge on any atom is 0.316 e. The van der Waals surface area contributed by atoms with Crippen molar-refractivity contribution in [2.24, 2.45) is 5.92 Å². The number of benzene rings is 2. The molecule has 1 aliphatic carbocycles. The third-order valence-electron chi connectivity index (χ3n) is 5.15. The summed E-state index contributed by atoms with van der Waals surface area (Å²) in [6.07, 6.45) is 4.87. The minimum atomic E-state index is -3.75. The van der Waals surface area contributed by atoms with Crippen molar-refractivity contribution in [2.45, 2.75) is 51.5 Å². The van der Waals surface area contributed by atoms with Gasteiger partial charge in [-0.3, -0.25) is 4.79 Å². The molecule has 0 aliphatic heterocycles. The molecule has 2 atom stereocenters. The van der Waals surface area contributed by atoms with Crippen LogP contribution >= 0.6 is 0 Å². The molecular weight excluding hydrogens is 386 g/mol. The Hall–Kier alpha value is -2.44. The van der Waals surface area contributed by atoms with E-state index in [4.69, 9.17) is 4.74 Å². The van der Waals surface area contributed by atoms with Crippen molar-refractivity contribution < 1.29 is 17.9 Å². The minimum absolute atomic E-state index is 0.180. The first-order valence-corrected chi connectivity index (χ1v) is 11.2. The fourth-order valence-corrected chi connectivity index (χ4v) is 4.92. The van der Waals surface area contributed by atoms with E-state index in [9.17, 15) is 13.2 Å². The number of allylic oxidation sites excluding steroid dienone is 1. The molecule has 0 heterocycles. The molecule has 0 saturated carbocycles. The van der Waals surface area contributed by atoms with Crippen molar-refractivity contribution in [1.82, 2.24) is 4.72 Å². The van der Waals surface area contributed by atoms with Gasteiger partial charge in [-0.15, -0.1) is 0 Å². The van der Waals surface area contributed by atoms with E-state index in [1.807, 2.05) is 45.9 Å². The van der Waals surface area contributed by atoms with Gasteiger partial charge in [0, 0.05) is 0 Å². The van der Waals surface area contributed by atoms with E-state index >= 15 is 0 Å². The molecule has 2 aromatic carbocycles. The minimum Gasteiger partial charge on any atom is -0.426 e. The van der Waals surface area contributed by atoms with Gasteiger partial charge in [0.05, 0.1) is 16.9 Å². The van der Waals surface area contributed by atoms with E-state index in [1.54, 1.807) is 30.3 Å². The Morgan fingerprint density at radius 3 is 2.24 bits per heavy atom. The van der Waals surface area contributed by atoms with Gasteiger partial charge in [0.25, 0.3) is 0 Å². The quantitative estimate of drug-likeness (QED) is 0.454. The fourth-order valence-electron chi connectivity index (χ4n) is 3.69. The predicted molar refractivity (Wildman–Crippen MR) is 113 cm³/mol. The summed E-state index contributed by atoms with van der Waals surface area (Å²) in [6, 6.07) is 9.92. The van der Waals surface area contributed by atoms with Crippen LogP contribution in [0.2, 0.25) is 0 Å². The second-order valence-corrected chi connectivity index (χ2v) is 9.44. The van der Waals surface area contributed by atoms with E-state index in [2.05, 4.69) is 4.72 Å². The van der Waals surface area contributed by atoms with Crippen LogP contribution in [0.5, 0.6) is 5.75 Å². The van der Waals surface area contributed by atoms with Crippen molar-refractivity contribution in [1.29, 1.82) is 0 Å². The number of rotatable bonds is 5. The Kier molecular flexibility index (Phi) is 6.24. The van der Waals surface area contributed by atoms with Gasteiger partial charge in [-0.1, -0.05) is 47.5 Å². The molecule has 0 saturated heterocycles. The molecule has 3 rings (SSSR count). The van der Waals surface area contributed by atoms with Crippen LogP contribution in [0.4, 0.5) is 0 Å². The average Bonchev–Trinajstić information content (AvgIpc) is 2.65. The summed E-state index contributed by atoms with van der Waals surface area (Å²) in [5.41, 5.74) is 3.86. The number of esters is 1. The van der Waals surface area contributed by atoms with Crippen LogP contribution in [0.25, 0.3) is 0 Å². The molecule has 2 aromatic rings. The van der Waals surface area contributed by atoms with Crippen LogP contribution in [0, 0.1) is 33.6 Å². The van der Waals surface area contributed by atoms with Crippen molar-refractivity contribution in [3.8, 4) is 5.75 Å². The molecule has 0 fully saturated rings. The van der Waals surface area contributed by atoms with Crippen LogP contribution in [0.15, 0.2) is 53.4 Å². The average molecular weight is 414 g/mol. The molecule has 1 aliphatic rings. The molecule has 0 radical (unpaired) electrons. The highest BCUT2D eigenvalue weighted by molar-refractivity contribution is 7.89. The number of ether oxygens (including phenoxy) is 1. The highest BCUT2D eigenvalue weighted by Gasteiger charge is 2.33. The zero-order valence-corrected chi connectivity index (χ0v) is 18.0. The first-order chi connectivity index (χ1) is 13.7. The third-order valence-corrected chi connectivity index (χ3v) is 6.63. The Morgan fingerprint density at radius 2 is 1.62 bits per heavy atom. The van der Waals surface area contributed by atoms with Gasteiger partial charge in [-0.2, -0.15) is 0 Å². The van der Waals surface area contributed by atoms with E-state index in [1.165, 1.54) is 0 Å². The molecule has 0 aromatic heterocycles. The summed E-state index contributed by atoms with van der Waals surface area (Å²) >= 11 is 0. The van der Waals surface area contributed by atoms with Crippen LogP contribution in [0.1, 0.15) is 35.1 Å². The number of sulfonamides is 1. The molecular formula is C23H27NO4S. The number of carbonyl (C=O) groups excluding carboxylic acids is 1. The molecule has 2 unspecified atom stereocenters. The number of aryl methyl sites for hydroxylation is 4. The molecule has 0 spiro atoms. The number of carbonyl (C=O) groups is 1. The number of nitrogens with one attached hydrogen (secondary N) is 1. The van der Waals surface area contributed by atoms with E-state index in [0.29, 0.717) is 18.6 Å². The van der Waals surface area contributed by atoms with E-state index in [-0.39, 0.29) is 4.90 Å². The van der Waals surface area contributed by atoms with E-state index in [0.717, 1.165) is 22.3 Å². The summed E-state index contributed by atoms with van der Waals surface area (Å²) < 4.78 is 34.0. The Bertz CT molecular complexity index is 1020. The molecule has 1 N–H and O–H groups in total. The predicted octanol–water partition coefficient (Wildman–Crippen LogP) is 4.14. The van der Waals surface area contributed by atoms with Gasteiger partial charge in [-0.05, 0) is 63.8 Å². The maximum atomic E-state index is 12.9. The summed E-state index contributed by atoms with van der Waals surface area (Å²) in [6.45, 7) is 7.70. The molecule has 29 heavy (non-hydrogen) atoms. The number of hydrogen-bond donors (Lipinski definition) is 1. The highest BCUT2D eigenvalue weighted by atomic mass is 32.2. The summed E-state index contributed by atoms with van der Waals surface area (Å²) in [4.78, 5) is 13.1. The molecule has 6 heteroatoms. The Balaban J connectivity index is 1.81. The van der Waals surface area contributed by atoms with Crippen LogP contribution in [0.3, 0.4) is 0 Å². The number of hydrogen-bond acceptors (Lipinski definition) is 4. The smallest absolute Gasteiger partial charge is 0.316 e. The molecule has 0 bridgehead atoms. The van der Waals surface area contributed by atoms with Gasteiger partial charge in [0.1, 0.15) is 5.75 Å². The van der Waals surface area contributed by atoms with Gasteiger partial charge >= 0.3 is 5.97 Å². The van der Waals surface area contributed by atoms with Gasteiger partial charge < -0.3 is 4.74 Å². The van der Waals surface area contributed by atoms with Crippen LogP contribution in [-0.4, -0.2) is 20.4 Å². The second kappa shape index (κ2) is 8.51. The highest BCUT2D eigenvalue weighted by Crippen LogP contribution is 2.28. The first kappa shape index (κ1) is 21.3. The standard InChI is InChI=1S/C23H27NO4S/c1-15-9-11-19(12-10-15)29(26,27)24-21-8-6-5-7-20(21)23(25)28-22-17(3)13-16(2)14-18(22)4/h6,8-14,20-21,24H,5,7H2,1-4H3. The molecule has 0 amide bonds. The second-order valence-electron chi connectivity index (χ2n) is 7.72. The fraction of sp³-hybridized carbons (Fsp3) is 0.348. The van der Waals surface area contributed by atoms with Gasteiger partial charge in [0.2, 0.25) is 10.0 Å². The monoisotopic (exact) mass is 413 g/mol. The topological polar surface area (TPSA) is 72.5 Å². The lowest BCUT2D eigenvalue weighted by Crippen LogP contribution is -2.44. The zero-order valence-electron chi connectivity index (χ0n) is 17.2. The van der Waals surface area contributed by atoms with Crippen molar-refractivity contribution >= 4 is 16.0 Å². The van der Waals surface area contributed by atoms with Gasteiger partial charge in [-0.25, -0.2) is 13.1 Å². The maximum absolute atomic E-state index is 12.9. The Morgan fingerprint density at radius 1 is 1.00 bits per heavy atom. The summed E-state index contributed by atoms with van der Waals surface area (Å²) in [5, 5.41) is 0. The van der Waals surface area contributed by atoms with E-state index < -0.39 is 28.0 Å². The van der Waals surface area contributed by atoms with Crippen molar-refractivity contribution in [3.05, 3.63) is 70.8 Å². The Labute approximate surface area is 172 Å². The van der Waals surface area contributed by atoms with Crippen molar-refractivity contribution in [2.75, 3.05) is 0 Å². The summed E-state index contributed by atoms with van der Waals surface area (Å²) in [5.74, 6) is -0.448. The van der Waals surface area contributed by atoms with Crippen LogP contribution < -0.4 is 9.46 Å². The SMILES string of the molecule is Cc1ccc(S(=O)(=O)NC2C=CCCC2C(=O)Oc2c(C)cc(C)cc2C)cc1. The lowest BCUT2D eigenvalue weighted by atomic mass is 9.90. The van der Waals surface area contributed by atoms with Gasteiger partial charge in [0.15, 0.2) is 0 Å². The normalized spacial score (nSPS) is 19.2. The van der Waals surface area contributed by atoms with Crippen LogP contribution in [-0.2, 0) is 14.8 Å². The third kappa shape index (κ3) is 4.95.